The fourth-order valence-corrected chi connectivity index (χ4v) is 2.91. The van der Waals surface area contributed by atoms with E-state index in [0.29, 0.717) is 11.6 Å². The Labute approximate surface area is 162 Å². The molecule has 2 aliphatic rings. The first-order valence-corrected chi connectivity index (χ1v) is 8.94. The lowest BCUT2D eigenvalue weighted by atomic mass is 10.1. The summed E-state index contributed by atoms with van der Waals surface area (Å²) in [4.78, 5) is 55.3. The zero-order chi connectivity index (χ0) is 20.5. The van der Waals surface area contributed by atoms with Gasteiger partial charge in [-0.2, -0.15) is 0 Å². The summed E-state index contributed by atoms with van der Waals surface area (Å²) in [5.41, 5.74) is -0.259. The van der Waals surface area contributed by atoms with E-state index in [1.54, 1.807) is 32.9 Å². The Morgan fingerprint density at radius 3 is 2.32 bits per heavy atom. The predicted octanol–water partition coefficient (Wildman–Crippen LogP) is 1.77. The third kappa shape index (κ3) is 4.30. The van der Waals surface area contributed by atoms with Gasteiger partial charge in [0.2, 0.25) is 0 Å². The maximum absolute atomic E-state index is 12.2. The molecule has 0 aliphatic carbocycles. The van der Waals surface area contributed by atoms with Gasteiger partial charge in [-0.05, 0) is 32.9 Å². The summed E-state index contributed by atoms with van der Waals surface area (Å²) in [7, 11) is 0. The fourth-order valence-electron chi connectivity index (χ4n) is 2.91. The molecule has 0 N–H and O–H groups in total. The molecule has 2 heterocycles. The van der Waals surface area contributed by atoms with Crippen LogP contribution in [0, 0.1) is 0 Å². The van der Waals surface area contributed by atoms with Gasteiger partial charge in [0.1, 0.15) is 5.60 Å². The quantitative estimate of drug-likeness (QED) is 0.725. The molecule has 3 rings (SSSR count). The maximum atomic E-state index is 12.2. The minimum atomic E-state index is -0.800. The Hall–Kier alpha value is -2.94. The number of imide groups is 1. The second-order valence-corrected chi connectivity index (χ2v) is 7.54. The summed E-state index contributed by atoms with van der Waals surface area (Å²) in [5.74, 6) is -2.17. The molecular formula is C19H22N2O7. The van der Waals surface area contributed by atoms with Crippen molar-refractivity contribution >= 4 is 23.9 Å². The van der Waals surface area contributed by atoms with E-state index in [2.05, 4.69) is 0 Å². The second kappa shape index (κ2) is 7.59. The molecule has 0 spiro atoms. The molecule has 0 radical (unpaired) electrons. The van der Waals surface area contributed by atoms with Crippen molar-refractivity contribution in [3.63, 3.8) is 0 Å². The summed E-state index contributed by atoms with van der Waals surface area (Å²) >= 11 is 0. The lowest BCUT2D eigenvalue weighted by molar-refractivity contribution is -0.173. The minimum absolute atomic E-state index is 0.145. The Kier molecular flexibility index (Phi) is 5.37. The van der Waals surface area contributed by atoms with Crippen LogP contribution in [0.4, 0.5) is 4.79 Å². The largest absolute Gasteiger partial charge is 0.444 e. The van der Waals surface area contributed by atoms with E-state index >= 15 is 0 Å². The van der Waals surface area contributed by atoms with Crippen molar-refractivity contribution in [1.29, 1.82) is 0 Å². The molecule has 2 aliphatic heterocycles. The van der Waals surface area contributed by atoms with Crippen molar-refractivity contribution in [1.82, 2.24) is 9.96 Å². The number of fused-ring (bicyclic) bond motifs is 1. The Bertz CT molecular complexity index is 780. The highest BCUT2D eigenvalue weighted by molar-refractivity contribution is 6.20. The van der Waals surface area contributed by atoms with E-state index in [1.165, 1.54) is 17.0 Å². The van der Waals surface area contributed by atoms with Crippen LogP contribution >= 0.6 is 0 Å². The van der Waals surface area contributed by atoms with Gasteiger partial charge in [-0.3, -0.25) is 9.59 Å². The van der Waals surface area contributed by atoms with Crippen molar-refractivity contribution in [2.24, 2.45) is 0 Å². The number of nitrogens with zero attached hydrogens (tertiary/aromatic N) is 2. The number of rotatable bonds is 3. The highest BCUT2D eigenvalue weighted by Gasteiger charge is 2.39. The smallest absolute Gasteiger partial charge is 0.410 e. The molecule has 1 saturated heterocycles. The summed E-state index contributed by atoms with van der Waals surface area (Å²) in [6, 6.07) is 6.23. The van der Waals surface area contributed by atoms with Gasteiger partial charge in [0.25, 0.3) is 11.8 Å². The lowest BCUT2D eigenvalue weighted by Crippen LogP contribution is -2.48. The Balaban J connectivity index is 1.56. The first-order chi connectivity index (χ1) is 13.2. The third-order valence-corrected chi connectivity index (χ3v) is 4.13. The van der Waals surface area contributed by atoms with Gasteiger partial charge >= 0.3 is 12.1 Å². The summed E-state index contributed by atoms with van der Waals surface area (Å²) in [6.07, 6.45) is -1.33. The van der Waals surface area contributed by atoms with Crippen LogP contribution in [0.15, 0.2) is 24.3 Å². The molecule has 1 fully saturated rings. The normalized spacial score (nSPS) is 19.5. The van der Waals surface area contributed by atoms with Crippen LogP contribution in [-0.2, 0) is 19.1 Å². The van der Waals surface area contributed by atoms with Gasteiger partial charge in [-0.25, -0.2) is 9.59 Å². The first-order valence-electron chi connectivity index (χ1n) is 8.94. The van der Waals surface area contributed by atoms with Crippen LogP contribution in [0.25, 0.3) is 0 Å². The number of amides is 3. The molecule has 150 valence electrons. The molecule has 1 atom stereocenters. The predicted molar refractivity (Wildman–Crippen MR) is 95.2 cm³/mol. The Morgan fingerprint density at radius 1 is 1.14 bits per heavy atom. The van der Waals surface area contributed by atoms with Crippen molar-refractivity contribution in [2.75, 3.05) is 19.7 Å². The van der Waals surface area contributed by atoms with Crippen molar-refractivity contribution in [2.45, 2.75) is 38.9 Å². The molecule has 9 nitrogen and oxygen atoms in total. The lowest BCUT2D eigenvalue weighted by Gasteiger charge is -2.33. The average molecular weight is 390 g/mol. The number of benzene rings is 1. The number of carbonyl (C=O) groups excluding carboxylic acids is 4. The first kappa shape index (κ1) is 19.8. The Morgan fingerprint density at radius 2 is 1.75 bits per heavy atom. The van der Waals surface area contributed by atoms with Crippen LogP contribution in [0.3, 0.4) is 0 Å². The summed E-state index contributed by atoms with van der Waals surface area (Å²) < 4.78 is 10.8. The monoisotopic (exact) mass is 390 g/mol. The third-order valence-electron chi connectivity index (χ3n) is 4.13. The summed E-state index contributed by atoms with van der Waals surface area (Å²) in [5, 5.41) is 0.460. The molecule has 3 amide bonds. The molecule has 0 bridgehead atoms. The van der Waals surface area contributed by atoms with Gasteiger partial charge < -0.3 is 19.2 Å². The number of hydrogen-bond donors (Lipinski definition) is 0. The highest BCUT2D eigenvalue weighted by atomic mass is 16.7. The SMILES string of the molecule is CC(C)(C)OC(=O)N1CCOC(CC(=O)ON2C(=O)c3ccccc3C2=O)C1. The van der Waals surface area contributed by atoms with Gasteiger partial charge in [0.15, 0.2) is 0 Å². The highest BCUT2D eigenvalue weighted by Crippen LogP contribution is 2.23. The van der Waals surface area contributed by atoms with Crippen molar-refractivity contribution < 1.29 is 33.5 Å². The van der Waals surface area contributed by atoms with E-state index in [-0.39, 0.29) is 30.7 Å². The zero-order valence-electron chi connectivity index (χ0n) is 16.0. The molecule has 28 heavy (non-hydrogen) atoms. The van der Waals surface area contributed by atoms with E-state index in [4.69, 9.17) is 14.3 Å². The maximum Gasteiger partial charge on any atom is 0.410 e. The number of hydrogen-bond acceptors (Lipinski definition) is 7. The zero-order valence-corrected chi connectivity index (χ0v) is 16.0. The van der Waals surface area contributed by atoms with Crippen LogP contribution in [0.5, 0.6) is 0 Å². The van der Waals surface area contributed by atoms with E-state index in [1.807, 2.05) is 0 Å². The van der Waals surface area contributed by atoms with Gasteiger partial charge in [-0.1, -0.05) is 17.2 Å². The number of ether oxygens (including phenoxy) is 2. The number of carbonyl (C=O) groups is 4. The summed E-state index contributed by atoms with van der Waals surface area (Å²) in [6.45, 7) is 6.03. The van der Waals surface area contributed by atoms with Crippen molar-refractivity contribution in [3.8, 4) is 0 Å². The van der Waals surface area contributed by atoms with Crippen LogP contribution in [0.1, 0.15) is 47.9 Å². The molecule has 0 aromatic heterocycles. The van der Waals surface area contributed by atoms with Crippen LogP contribution in [0.2, 0.25) is 0 Å². The molecule has 0 saturated carbocycles. The molecule has 1 aromatic carbocycles. The molecule has 1 unspecified atom stereocenters. The average Bonchev–Trinajstić information content (AvgIpc) is 2.86. The fraction of sp³-hybridized carbons (Fsp3) is 0.474. The molecule has 1 aromatic rings. The number of hydroxylamine groups is 2. The van der Waals surface area contributed by atoms with E-state index < -0.39 is 35.6 Å². The van der Waals surface area contributed by atoms with Crippen LogP contribution in [-0.4, -0.2) is 65.2 Å². The van der Waals surface area contributed by atoms with Gasteiger partial charge in [-0.15, -0.1) is 0 Å². The molecule has 9 heteroatoms. The standard InChI is InChI=1S/C19H22N2O7/c1-19(2,3)27-18(25)20-8-9-26-12(11-20)10-15(22)28-21-16(23)13-6-4-5-7-14(13)17(21)24/h4-7,12H,8-11H2,1-3H3. The second-order valence-electron chi connectivity index (χ2n) is 7.54. The van der Waals surface area contributed by atoms with E-state index in [9.17, 15) is 19.2 Å². The number of morpholine rings is 1. The molecular weight excluding hydrogens is 368 g/mol. The van der Waals surface area contributed by atoms with Gasteiger partial charge in [0, 0.05) is 6.54 Å². The minimum Gasteiger partial charge on any atom is -0.444 e. The van der Waals surface area contributed by atoms with E-state index in [0.717, 1.165) is 0 Å². The topological polar surface area (TPSA) is 102 Å². The van der Waals surface area contributed by atoms with Gasteiger partial charge in [0.05, 0.1) is 36.8 Å². The van der Waals surface area contributed by atoms with Crippen molar-refractivity contribution in [3.05, 3.63) is 35.4 Å². The van der Waals surface area contributed by atoms with Crippen LogP contribution < -0.4 is 0 Å².